The van der Waals surface area contributed by atoms with Crippen LogP contribution in [-0.2, 0) is 19.5 Å². The summed E-state index contributed by atoms with van der Waals surface area (Å²) in [5.41, 5.74) is 3.23. The molecule has 0 aliphatic carbocycles. The minimum absolute atomic E-state index is 0.227. The fraction of sp³-hybridized carbons (Fsp3) is 0.536. The second-order valence-electron chi connectivity index (χ2n) is 9.82. The average Bonchev–Trinajstić information content (AvgIpc) is 3.42. The first kappa shape index (κ1) is 25.9. The van der Waals surface area contributed by atoms with Gasteiger partial charge in [0.1, 0.15) is 11.6 Å². The van der Waals surface area contributed by atoms with E-state index in [2.05, 4.69) is 61.5 Å². The number of piperazine rings is 1. The van der Waals surface area contributed by atoms with Crippen LogP contribution in [0.5, 0.6) is 0 Å². The normalized spacial score (nSPS) is 15.0. The van der Waals surface area contributed by atoms with Crippen molar-refractivity contribution >= 4 is 17.2 Å². The molecule has 1 aliphatic rings. The molecule has 0 amide bonds. The second kappa shape index (κ2) is 11.7. The summed E-state index contributed by atoms with van der Waals surface area (Å²) in [5.74, 6) is 0.915. The predicted octanol–water partition coefficient (Wildman–Crippen LogP) is 5.89. The maximum Gasteiger partial charge on any atom is 0.137 e. The predicted molar refractivity (Wildman–Crippen MR) is 145 cm³/mol. The van der Waals surface area contributed by atoms with Gasteiger partial charge < -0.3 is 9.80 Å². The number of benzene rings is 1. The summed E-state index contributed by atoms with van der Waals surface area (Å²) in [4.78, 5) is 10.3. The van der Waals surface area contributed by atoms with Crippen molar-refractivity contribution in [1.82, 2.24) is 19.6 Å². The molecule has 3 heterocycles. The Bertz CT molecular complexity index is 1100. The Balaban J connectivity index is 1.77. The smallest absolute Gasteiger partial charge is 0.137 e. The molecule has 0 bridgehead atoms. The molecule has 5 nitrogen and oxygen atoms in total. The molecule has 1 aromatic carbocycles. The lowest BCUT2D eigenvalue weighted by Gasteiger charge is -2.36. The van der Waals surface area contributed by atoms with E-state index in [1.165, 1.54) is 21.4 Å². The largest absolute Gasteiger partial charge is 0.354 e. The van der Waals surface area contributed by atoms with Gasteiger partial charge in [0.05, 0.1) is 11.4 Å². The minimum Gasteiger partial charge on any atom is -0.354 e. The molecule has 2 aromatic heterocycles. The molecule has 1 aliphatic heterocycles. The summed E-state index contributed by atoms with van der Waals surface area (Å²) >= 11 is 1.88. The zero-order valence-corrected chi connectivity index (χ0v) is 22.7. The summed E-state index contributed by atoms with van der Waals surface area (Å²) in [6.07, 6.45) is 1.95. The Labute approximate surface area is 214 Å². The lowest BCUT2D eigenvalue weighted by atomic mass is 10.1. The maximum absolute atomic E-state index is 14.3. The number of likely N-dealkylation sites (N-methyl/N-ethyl adjacent to an activating group) is 1. The number of aryl methyl sites for hydroxylation is 2. The average molecular weight is 498 g/mol. The molecule has 0 radical (unpaired) electrons. The lowest BCUT2D eigenvalue weighted by Crippen LogP contribution is -2.47. The Kier molecular flexibility index (Phi) is 8.63. The van der Waals surface area contributed by atoms with Crippen molar-refractivity contribution in [2.24, 2.45) is 0 Å². The Morgan fingerprint density at radius 2 is 1.83 bits per heavy atom. The molecule has 0 atom stereocenters. The van der Waals surface area contributed by atoms with Crippen LogP contribution < -0.4 is 4.90 Å². The quantitative estimate of drug-likeness (QED) is 0.349. The third-order valence-electron chi connectivity index (χ3n) is 6.94. The van der Waals surface area contributed by atoms with Crippen molar-refractivity contribution in [2.45, 2.75) is 66.6 Å². The molecular formula is C28H40FN5S. The molecule has 0 unspecified atom stereocenters. The first-order valence-electron chi connectivity index (χ1n) is 13.0. The first-order chi connectivity index (χ1) is 16.9. The van der Waals surface area contributed by atoms with Crippen LogP contribution in [0.15, 0.2) is 36.4 Å². The standard InChI is InChI=1S/C28H40FN5S/c1-6-9-27-26(20-33(21(3)4)19-25-13-12-22(5)35-25)28(32-16-14-31(7-2)15-17-32)34(30-27)24-11-8-10-23(29)18-24/h8,10-13,18,21H,6-7,9,14-17,19-20H2,1-5H3. The summed E-state index contributed by atoms with van der Waals surface area (Å²) in [6.45, 7) is 18.0. The van der Waals surface area contributed by atoms with E-state index in [1.54, 1.807) is 12.1 Å². The fourth-order valence-corrected chi connectivity index (χ4v) is 5.78. The topological polar surface area (TPSA) is 27.5 Å². The van der Waals surface area contributed by atoms with Crippen LogP contribution in [0.25, 0.3) is 5.69 Å². The van der Waals surface area contributed by atoms with Gasteiger partial charge in [-0.15, -0.1) is 11.3 Å². The highest BCUT2D eigenvalue weighted by Gasteiger charge is 2.28. The van der Waals surface area contributed by atoms with E-state index < -0.39 is 0 Å². The first-order valence-corrected chi connectivity index (χ1v) is 13.8. The third-order valence-corrected chi connectivity index (χ3v) is 7.93. The zero-order chi connectivity index (χ0) is 24.9. The summed E-state index contributed by atoms with van der Waals surface area (Å²) in [6, 6.07) is 11.7. The van der Waals surface area contributed by atoms with E-state index in [4.69, 9.17) is 5.10 Å². The SMILES string of the molecule is CCCc1nn(-c2cccc(F)c2)c(N2CCN(CC)CC2)c1CN(Cc1ccc(C)s1)C(C)C. The monoisotopic (exact) mass is 497 g/mol. The fourth-order valence-electron chi connectivity index (χ4n) is 4.87. The molecule has 3 aromatic rings. The highest BCUT2D eigenvalue weighted by Crippen LogP contribution is 2.32. The Morgan fingerprint density at radius 1 is 1.06 bits per heavy atom. The van der Waals surface area contributed by atoms with Gasteiger partial charge in [-0.3, -0.25) is 4.90 Å². The maximum atomic E-state index is 14.3. The van der Waals surface area contributed by atoms with Gasteiger partial charge in [0, 0.05) is 60.6 Å². The lowest BCUT2D eigenvalue weighted by molar-refractivity contribution is 0.205. The molecule has 4 rings (SSSR count). The Hall–Kier alpha value is -2.22. The zero-order valence-electron chi connectivity index (χ0n) is 21.9. The van der Waals surface area contributed by atoms with Crippen molar-refractivity contribution in [2.75, 3.05) is 37.6 Å². The van der Waals surface area contributed by atoms with Gasteiger partial charge >= 0.3 is 0 Å². The molecule has 0 N–H and O–H groups in total. The van der Waals surface area contributed by atoms with Gasteiger partial charge in [-0.1, -0.05) is 26.3 Å². The molecule has 35 heavy (non-hydrogen) atoms. The number of nitrogens with zero attached hydrogens (tertiary/aromatic N) is 5. The minimum atomic E-state index is -0.227. The number of rotatable bonds is 10. The van der Waals surface area contributed by atoms with Crippen LogP contribution in [-0.4, -0.2) is 58.3 Å². The van der Waals surface area contributed by atoms with Gasteiger partial charge in [-0.25, -0.2) is 9.07 Å². The molecule has 7 heteroatoms. The highest BCUT2D eigenvalue weighted by molar-refractivity contribution is 7.11. The van der Waals surface area contributed by atoms with Crippen molar-refractivity contribution in [3.05, 3.63) is 63.2 Å². The van der Waals surface area contributed by atoms with Gasteiger partial charge in [-0.2, -0.15) is 5.10 Å². The second-order valence-corrected chi connectivity index (χ2v) is 11.2. The van der Waals surface area contributed by atoms with E-state index in [1.807, 2.05) is 22.1 Å². The summed E-state index contributed by atoms with van der Waals surface area (Å²) < 4.78 is 16.3. The Morgan fingerprint density at radius 3 is 2.43 bits per heavy atom. The number of halogens is 1. The molecule has 1 saturated heterocycles. The van der Waals surface area contributed by atoms with Crippen LogP contribution in [0.3, 0.4) is 0 Å². The van der Waals surface area contributed by atoms with Crippen molar-refractivity contribution < 1.29 is 4.39 Å². The van der Waals surface area contributed by atoms with E-state index in [0.717, 1.165) is 75.9 Å². The molecule has 0 saturated carbocycles. The van der Waals surface area contributed by atoms with E-state index in [0.29, 0.717) is 6.04 Å². The van der Waals surface area contributed by atoms with E-state index >= 15 is 0 Å². The van der Waals surface area contributed by atoms with Crippen LogP contribution in [0.2, 0.25) is 0 Å². The summed E-state index contributed by atoms with van der Waals surface area (Å²) in [7, 11) is 0. The van der Waals surface area contributed by atoms with Crippen LogP contribution in [0, 0.1) is 12.7 Å². The van der Waals surface area contributed by atoms with E-state index in [-0.39, 0.29) is 5.82 Å². The van der Waals surface area contributed by atoms with Crippen molar-refractivity contribution in [3.63, 3.8) is 0 Å². The third kappa shape index (κ3) is 6.13. The summed E-state index contributed by atoms with van der Waals surface area (Å²) in [5, 5.41) is 5.12. The number of aromatic nitrogens is 2. The molecule has 190 valence electrons. The van der Waals surface area contributed by atoms with Gasteiger partial charge in [0.2, 0.25) is 0 Å². The molecular weight excluding hydrogens is 457 g/mol. The van der Waals surface area contributed by atoms with Gasteiger partial charge in [0.25, 0.3) is 0 Å². The van der Waals surface area contributed by atoms with Crippen molar-refractivity contribution in [1.29, 1.82) is 0 Å². The highest BCUT2D eigenvalue weighted by atomic mass is 32.1. The van der Waals surface area contributed by atoms with Crippen LogP contribution in [0.4, 0.5) is 10.2 Å². The van der Waals surface area contributed by atoms with Gasteiger partial charge in [-0.05, 0) is 64.1 Å². The molecule has 1 fully saturated rings. The van der Waals surface area contributed by atoms with E-state index in [9.17, 15) is 4.39 Å². The number of hydrogen-bond donors (Lipinski definition) is 0. The number of hydrogen-bond acceptors (Lipinski definition) is 5. The van der Waals surface area contributed by atoms with Gasteiger partial charge in [0.15, 0.2) is 0 Å². The molecule has 0 spiro atoms. The number of thiophene rings is 1. The van der Waals surface area contributed by atoms with Crippen LogP contribution in [0.1, 0.15) is 55.1 Å². The number of anilines is 1. The van der Waals surface area contributed by atoms with Crippen molar-refractivity contribution in [3.8, 4) is 5.69 Å². The van der Waals surface area contributed by atoms with Crippen LogP contribution >= 0.6 is 11.3 Å².